The summed E-state index contributed by atoms with van der Waals surface area (Å²) in [6, 6.07) is 7.46. The van der Waals surface area contributed by atoms with Crippen LogP contribution in [0.3, 0.4) is 0 Å². The van der Waals surface area contributed by atoms with Gasteiger partial charge in [-0.1, -0.05) is 12.1 Å². The number of benzene rings is 1. The van der Waals surface area contributed by atoms with Crippen LogP contribution in [0, 0.1) is 3.57 Å². The Hall–Kier alpha value is -0.860. The maximum atomic E-state index is 12.3. The second kappa shape index (κ2) is 9.22. The molecule has 118 valence electrons. The number of methoxy groups -OCH3 is 2. The molecule has 0 aliphatic carbocycles. The number of carbonyl (C=O) groups is 1. The monoisotopic (exact) mass is 407 g/mol. The number of rotatable bonds is 7. The lowest BCUT2D eigenvalue weighted by Gasteiger charge is -2.27. The third kappa shape index (κ3) is 5.80. The van der Waals surface area contributed by atoms with E-state index in [1.54, 1.807) is 25.2 Å². The fraction of sp³-hybridized carbons (Fsp3) is 0.533. The van der Waals surface area contributed by atoms with Crippen LogP contribution in [0.2, 0.25) is 0 Å². The first-order chi connectivity index (χ1) is 9.99. The van der Waals surface area contributed by atoms with Gasteiger partial charge in [-0.05, 0) is 48.6 Å². The molecule has 0 unspecified atom stereocenters. The van der Waals surface area contributed by atoms with Crippen LogP contribution in [0.25, 0.3) is 0 Å². The molecule has 0 fully saturated rings. The first kappa shape index (κ1) is 18.2. The molecule has 1 aromatic rings. The van der Waals surface area contributed by atoms with Crippen molar-refractivity contribution in [1.29, 1.82) is 0 Å². The summed E-state index contributed by atoms with van der Waals surface area (Å²) in [5, 5.41) is 0. The first-order valence-electron chi connectivity index (χ1n) is 6.78. The molecule has 0 saturated carbocycles. The van der Waals surface area contributed by atoms with Gasteiger partial charge in [0.25, 0.3) is 0 Å². The maximum Gasteiger partial charge on any atom is 0.415 e. The molecule has 0 bridgehead atoms. The van der Waals surface area contributed by atoms with Crippen molar-refractivity contribution in [3.8, 4) is 5.75 Å². The predicted octanol–water partition coefficient (Wildman–Crippen LogP) is 3.51. The molecule has 0 saturated heterocycles. The highest BCUT2D eigenvalue weighted by atomic mass is 127. The highest BCUT2D eigenvalue weighted by molar-refractivity contribution is 14.1. The number of nitrogens with zero attached hydrogens (tertiary/aromatic N) is 1. The fourth-order valence-corrected chi connectivity index (χ4v) is 2.31. The smallest absolute Gasteiger partial charge is 0.409 e. The quantitative estimate of drug-likeness (QED) is 0.513. The van der Waals surface area contributed by atoms with Gasteiger partial charge < -0.3 is 19.1 Å². The zero-order chi connectivity index (χ0) is 15.8. The standard InChI is InChI=1S/C15H22INO4/c1-11(2)17(10-9-14(19-3)20-4)15(18)21-13-8-6-5-7-12(13)16/h5-8,11,14H,9-10H2,1-4H3. The summed E-state index contributed by atoms with van der Waals surface area (Å²) in [6.07, 6.45) is -0.0948. The molecule has 6 heteroatoms. The van der Waals surface area contributed by atoms with Crippen molar-refractivity contribution in [3.05, 3.63) is 27.8 Å². The Kier molecular flexibility index (Phi) is 7.98. The summed E-state index contributed by atoms with van der Waals surface area (Å²) in [4.78, 5) is 14.0. The van der Waals surface area contributed by atoms with E-state index in [9.17, 15) is 4.79 Å². The highest BCUT2D eigenvalue weighted by Gasteiger charge is 2.21. The third-order valence-electron chi connectivity index (χ3n) is 3.02. The van der Waals surface area contributed by atoms with E-state index in [0.717, 1.165) is 3.57 Å². The van der Waals surface area contributed by atoms with Gasteiger partial charge in [0.15, 0.2) is 6.29 Å². The number of halogens is 1. The van der Waals surface area contributed by atoms with Crippen LogP contribution in [0.4, 0.5) is 4.79 Å². The molecule has 1 aromatic carbocycles. The molecular weight excluding hydrogens is 385 g/mol. The molecule has 0 aromatic heterocycles. The maximum absolute atomic E-state index is 12.3. The average molecular weight is 407 g/mol. The van der Waals surface area contributed by atoms with E-state index in [-0.39, 0.29) is 18.4 Å². The van der Waals surface area contributed by atoms with E-state index < -0.39 is 0 Å². The molecule has 0 spiro atoms. The average Bonchev–Trinajstić information content (AvgIpc) is 2.45. The Morgan fingerprint density at radius 2 is 1.86 bits per heavy atom. The third-order valence-corrected chi connectivity index (χ3v) is 3.91. The fourth-order valence-electron chi connectivity index (χ4n) is 1.82. The molecule has 21 heavy (non-hydrogen) atoms. The highest BCUT2D eigenvalue weighted by Crippen LogP contribution is 2.21. The number of amides is 1. The van der Waals surface area contributed by atoms with Crippen molar-refractivity contribution in [1.82, 2.24) is 4.90 Å². The molecule has 0 N–H and O–H groups in total. The SMILES string of the molecule is COC(CCN(C(=O)Oc1ccccc1I)C(C)C)OC. The van der Waals surface area contributed by atoms with E-state index in [1.807, 2.05) is 32.0 Å². The summed E-state index contributed by atoms with van der Waals surface area (Å²) >= 11 is 2.14. The normalized spacial score (nSPS) is 11.0. The number of hydrogen-bond acceptors (Lipinski definition) is 4. The second-order valence-corrected chi connectivity index (χ2v) is 5.94. The van der Waals surface area contributed by atoms with Crippen LogP contribution < -0.4 is 4.74 Å². The topological polar surface area (TPSA) is 48.0 Å². The van der Waals surface area contributed by atoms with Gasteiger partial charge in [-0.25, -0.2) is 4.79 Å². The molecular formula is C15H22INO4. The molecule has 5 nitrogen and oxygen atoms in total. The molecule has 0 aliphatic heterocycles. The van der Waals surface area contributed by atoms with E-state index in [2.05, 4.69) is 22.6 Å². The van der Waals surface area contributed by atoms with Gasteiger partial charge in [-0.15, -0.1) is 0 Å². The van der Waals surface area contributed by atoms with Crippen molar-refractivity contribution < 1.29 is 19.0 Å². The minimum absolute atomic E-state index is 0.0354. The van der Waals surface area contributed by atoms with E-state index in [1.165, 1.54) is 0 Å². The van der Waals surface area contributed by atoms with Gasteiger partial charge in [0.05, 0.1) is 3.57 Å². The summed E-state index contributed by atoms with van der Waals surface area (Å²) in [5.41, 5.74) is 0. The molecule has 0 aliphatic rings. The Balaban J connectivity index is 2.67. The lowest BCUT2D eigenvalue weighted by atomic mass is 10.3. The van der Waals surface area contributed by atoms with Crippen LogP contribution in [-0.4, -0.2) is 44.1 Å². The van der Waals surface area contributed by atoms with Crippen molar-refractivity contribution in [2.45, 2.75) is 32.6 Å². The van der Waals surface area contributed by atoms with Gasteiger partial charge in [0, 0.05) is 33.2 Å². The Labute approximate surface area is 139 Å². The van der Waals surface area contributed by atoms with E-state index in [4.69, 9.17) is 14.2 Å². The number of para-hydroxylation sites is 1. The Morgan fingerprint density at radius 1 is 1.24 bits per heavy atom. The van der Waals surface area contributed by atoms with Gasteiger partial charge >= 0.3 is 6.09 Å². The Morgan fingerprint density at radius 3 is 2.38 bits per heavy atom. The largest absolute Gasteiger partial charge is 0.415 e. The van der Waals surface area contributed by atoms with Crippen molar-refractivity contribution in [2.24, 2.45) is 0 Å². The van der Waals surface area contributed by atoms with E-state index in [0.29, 0.717) is 18.7 Å². The molecule has 0 radical (unpaired) electrons. The van der Waals surface area contributed by atoms with Crippen LogP contribution >= 0.6 is 22.6 Å². The minimum Gasteiger partial charge on any atom is -0.409 e. The van der Waals surface area contributed by atoms with Crippen LogP contribution in [0.5, 0.6) is 5.75 Å². The predicted molar refractivity (Wildman–Crippen MR) is 89.4 cm³/mol. The first-order valence-corrected chi connectivity index (χ1v) is 7.86. The molecule has 0 heterocycles. The molecule has 1 rings (SSSR count). The summed E-state index contributed by atoms with van der Waals surface area (Å²) in [5.74, 6) is 0.573. The second-order valence-electron chi connectivity index (χ2n) is 4.78. The lowest BCUT2D eigenvalue weighted by molar-refractivity contribution is -0.108. The van der Waals surface area contributed by atoms with Crippen molar-refractivity contribution in [2.75, 3.05) is 20.8 Å². The van der Waals surface area contributed by atoms with Crippen LogP contribution in [0.15, 0.2) is 24.3 Å². The summed E-state index contributed by atoms with van der Waals surface area (Å²) in [6.45, 7) is 4.41. The number of ether oxygens (including phenoxy) is 3. The minimum atomic E-state index is -0.361. The van der Waals surface area contributed by atoms with Gasteiger partial charge in [0.2, 0.25) is 0 Å². The van der Waals surface area contributed by atoms with Gasteiger partial charge in [-0.2, -0.15) is 0 Å². The van der Waals surface area contributed by atoms with Gasteiger partial charge in [0.1, 0.15) is 5.75 Å². The van der Waals surface area contributed by atoms with Crippen LogP contribution in [-0.2, 0) is 9.47 Å². The van der Waals surface area contributed by atoms with Crippen molar-refractivity contribution >= 4 is 28.7 Å². The number of hydrogen-bond donors (Lipinski definition) is 0. The van der Waals surface area contributed by atoms with E-state index >= 15 is 0 Å². The van der Waals surface area contributed by atoms with Gasteiger partial charge in [-0.3, -0.25) is 0 Å². The summed E-state index contributed by atoms with van der Waals surface area (Å²) in [7, 11) is 3.16. The molecule has 0 atom stereocenters. The molecule has 1 amide bonds. The summed E-state index contributed by atoms with van der Waals surface area (Å²) < 4.78 is 16.7. The lowest BCUT2D eigenvalue weighted by Crippen LogP contribution is -2.41. The zero-order valence-corrected chi connectivity index (χ0v) is 15.0. The Bertz CT molecular complexity index is 449. The number of carbonyl (C=O) groups excluding carboxylic acids is 1. The zero-order valence-electron chi connectivity index (χ0n) is 12.8. The van der Waals surface area contributed by atoms with Crippen LogP contribution in [0.1, 0.15) is 20.3 Å². The van der Waals surface area contributed by atoms with Crippen molar-refractivity contribution in [3.63, 3.8) is 0 Å².